The molecule has 0 N–H and O–H groups in total. The van der Waals surface area contributed by atoms with E-state index in [1.165, 1.54) is 0 Å². The van der Waals surface area contributed by atoms with Crippen molar-refractivity contribution < 1.29 is 18.0 Å². The molecular weight excluding hydrogens is 374 g/mol. The molecule has 0 aliphatic heterocycles. The average molecular weight is 398 g/mol. The van der Waals surface area contributed by atoms with Crippen LogP contribution in [0.2, 0.25) is 0 Å². The van der Waals surface area contributed by atoms with Gasteiger partial charge in [-0.2, -0.15) is 0 Å². The molecule has 5 heteroatoms. The van der Waals surface area contributed by atoms with E-state index in [9.17, 15) is 4.20 Å². The monoisotopic (exact) mass is 398 g/mol. The Hall–Kier alpha value is -2.58. The van der Waals surface area contributed by atoms with Crippen LogP contribution < -0.4 is 13.8 Å². The molecule has 0 saturated carbocycles. The zero-order valence-electron chi connectivity index (χ0n) is 16.5. The fourth-order valence-electron chi connectivity index (χ4n) is 2.76. The maximum Gasteiger partial charge on any atom is 0.505 e. The van der Waals surface area contributed by atoms with Gasteiger partial charge in [0, 0.05) is 5.56 Å². The second-order valence-electron chi connectivity index (χ2n) is 7.49. The van der Waals surface area contributed by atoms with Crippen LogP contribution in [0, 0.1) is 6.92 Å². The van der Waals surface area contributed by atoms with Crippen LogP contribution in [0.25, 0.3) is 0 Å². The Morgan fingerprint density at radius 3 is 1.89 bits per heavy atom. The second-order valence-corrected chi connectivity index (χ2v) is 8.28. The first-order chi connectivity index (χ1) is 13.3. The number of hydrogen-bond donors (Lipinski definition) is 0. The van der Waals surface area contributed by atoms with Gasteiger partial charge in [-0.05, 0) is 54.3 Å². The van der Waals surface area contributed by atoms with Crippen LogP contribution in [-0.4, -0.2) is 0 Å². The molecule has 0 amide bonds. The van der Waals surface area contributed by atoms with Crippen LogP contribution in [0.4, 0.5) is 4.20 Å². The molecule has 0 saturated heterocycles. The summed E-state index contributed by atoms with van der Waals surface area (Å²) < 4.78 is 31.5. The highest BCUT2D eigenvalue weighted by atomic mass is 31.2. The van der Waals surface area contributed by atoms with E-state index in [4.69, 9.17) is 13.8 Å². The van der Waals surface area contributed by atoms with Crippen LogP contribution in [-0.2, 0) is 5.41 Å². The van der Waals surface area contributed by atoms with Crippen molar-refractivity contribution >= 4 is 8.69 Å². The van der Waals surface area contributed by atoms with Crippen molar-refractivity contribution in [3.63, 3.8) is 0 Å². The smallest absolute Gasteiger partial charge is 0.457 e. The van der Waals surface area contributed by atoms with Gasteiger partial charge in [0.05, 0.1) is 0 Å². The molecule has 1 unspecified atom stereocenters. The molecule has 0 aromatic heterocycles. The quantitative estimate of drug-likeness (QED) is 0.398. The lowest BCUT2D eigenvalue weighted by Gasteiger charge is -2.25. The highest BCUT2D eigenvalue weighted by molar-refractivity contribution is 7.42. The molecule has 0 aliphatic carbocycles. The molecule has 146 valence electrons. The van der Waals surface area contributed by atoms with Crippen molar-refractivity contribution in [1.82, 2.24) is 0 Å². The largest absolute Gasteiger partial charge is 0.505 e. The summed E-state index contributed by atoms with van der Waals surface area (Å²) in [5.74, 6) is 2.37. The molecule has 3 aromatic rings. The minimum atomic E-state index is -2.61. The standard InChI is InChI=1S/C23H24FO3P/c1-17-15-20(25-18-11-7-5-8-12-18)16-21(23(2,3)4)22(17)27-28(24)26-19-13-9-6-10-14-19/h5-16H,1-4H3. The van der Waals surface area contributed by atoms with Gasteiger partial charge in [0.1, 0.15) is 23.0 Å². The molecule has 3 aromatic carbocycles. The third-order valence-electron chi connectivity index (χ3n) is 4.12. The molecule has 0 heterocycles. The Kier molecular flexibility index (Phi) is 6.21. The van der Waals surface area contributed by atoms with Crippen molar-refractivity contribution in [1.29, 1.82) is 0 Å². The van der Waals surface area contributed by atoms with Crippen LogP contribution in [0.3, 0.4) is 0 Å². The van der Waals surface area contributed by atoms with Gasteiger partial charge in [-0.25, -0.2) is 0 Å². The number of halogens is 1. The van der Waals surface area contributed by atoms with Gasteiger partial charge in [-0.1, -0.05) is 57.2 Å². The summed E-state index contributed by atoms with van der Waals surface area (Å²) in [5, 5.41) is 0. The van der Waals surface area contributed by atoms with E-state index < -0.39 is 8.69 Å². The van der Waals surface area contributed by atoms with E-state index in [0.29, 0.717) is 17.2 Å². The summed E-state index contributed by atoms with van der Waals surface area (Å²) in [6.07, 6.45) is 0. The summed E-state index contributed by atoms with van der Waals surface area (Å²) in [4.78, 5) is 0. The summed E-state index contributed by atoms with van der Waals surface area (Å²) in [7, 11) is -2.61. The summed E-state index contributed by atoms with van der Waals surface area (Å²) in [6.45, 7) is 8.05. The SMILES string of the molecule is Cc1cc(Oc2ccccc2)cc(C(C)(C)C)c1OP(F)Oc1ccccc1. The third kappa shape index (κ3) is 5.24. The van der Waals surface area contributed by atoms with E-state index in [1.807, 2.05) is 55.5 Å². The Bertz CT molecular complexity index is 908. The first-order valence-electron chi connectivity index (χ1n) is 9.08. The molecule has 0 radical (unpaired) electrons. The lowest BCUT2D eigenvalue weighted by atomic mass is 9.85. The maximum atomic E-state index is 14.6. The number of ether oxygens (including phenoxy) is 1. The van der Waals surface area contributed by atoms with Crippen LogP contribution in [0.15, 0.2) is 72.8 Å². The minimum absolute atomic E-state index is 0.265. The minimum Gasteiger partial charge on any atom is -0.457 e. The van der Waals surface area contributed by atoms with Gasteiger partial charge in [-0.3, -0.25) is 0 Å². The highest BCUT2D eigenvalue weighted by Crippen LogP contribution is 2.47. The lowest BCUT2D eigenvalue weighted by Crippen LogP contribution is -2.14. The molecule has 0 fully saturated rings. The predicted molar refractivity (Wildman–Crippen MR) is 112 cm³/mol. The van der Waals surface area contributed by atoms with Gasteiger partial charge in [-0.15, -0.1) is 4.20 Å². The first-order valence-corrected chi connectivity index (χ1v) is 10.1. The number of aryl methyl sites for hydroxylation is 1. The Morgan fingerprint density at radius 2 is 1.32 bits per heavy atom. The maximum absolute atomic E-state index is 14.6. The van der Waals surface area contributed by atoms with Gasteiger partial charge < -0.3 is 13.8 Å². The van der Waals surface area contributed by atoms with Crippen LogP contribution >= 0.6 is 8.69 Å². The number of hydrogen-bond acceptors (Lipinski definition) is 3. The number of para-hydroxylation sites is 2. The van der Waals surface area contributed by atoms with Gasteiger partial charge >= 0.3 is 8.69 Å². The van der Waals surface area contributed by atoms with E-state index in [2.05, 4.69) is 20.8 Å². The van der Waals surface area contributed by atoms with Crippen molar-refractivity contribution in [2.75, 3.05) is 0 Å². The fourth-order valence-corrected chi connectivity index (χ4v) is 3.47. The summed E-state index contributed by atoms with van der Waals surface area (Å²) in [6, 6.07) is 22.1. The van der Waals surface area contributed by atoms with E-state index in [1.54, 1.807) is 24.3 Å². The van der Waals surface area contributed by atoms with E-state index in [0.717, 1.165) is 16.9 Å². The molecular formula is C23H24FO3P. The van der Waals surface area contributed by atoms with E-state index >= 15 is 0 Å². The van der Waals surface area contributed by atoms with Crippen LogP contribution in [0.1, 0.15) is 31.9 Å². The van der Waals surface area contributed by atoms with Gasteiger partial charge in [0.15, 0.2) is 0 Å². The number of benzene rings is 3. The van der Waals surface area contributed by atoms with Crippen molar-refractivity contribution in [3.8, 4) is 23.0 Å². The predicted octanol–water partition coefficient (Wildman–Crippen LogP) is 7.74. The van der Waals surface area contributed by atoms with Crippen molar-refractivity contribution in [3.05, 3.63) is 83.9 Å². The summed E-state index contributed by atoms with van der Waals surface area (Å²) >= 11 is 0. The molecule has 28 heavy (non-hydrogen) atoms. The Balaban J connectivity index is 1.87. The third-order valence-corrected chi connectivity index (χ3v) is 4.80. The Labute approximate surface area is 167 Å². The topological polar surface area (TPSA) is 27.7 Å². The van der Waals surface area contributed by atoms with Crippen LogP contribution in [0.5, 0.6) is 23.0 Å². The molecule has 0 aliphatic rings. The average Bonchev–Trinajstić information content (AvgIpc) is 2.64. The lowest BCUT2D eigenvalue weighted by molar-refractivity contribution is 0.423. The molecule has 1 atom stereocenters. The van der Waals surface area contributed by atoms with E-state index in [-0.39, 0.29) is 5.41 Å². The zero-order chi connectivity index (χ0) is 20.1. The zero-order valence-corrected chi connectivity index (χ0v) is 17.4. The van der Waals surface area contributed by atoms with Crippen molar-refractivity contribution in [2.45, 2.75) is 33.1 Å². The highest BCUT2D eigenvalue weighted by Gasteiger charge is 2.26. The normalized spacial score (nSPS) is 12.3. The fraction of sp³-hybridized carbons (Fsp3) is 0.217. The molecule has 0 bridgehead atoms. The molecule has 0 spiro atoms. The molecule has 3 rings (SSSR count). The second kappa shape index (κ2) is 8.62. The number of rotatable bonds is 6. The molecule has 3 nitrogen and oxygen atoms in total. The first kappa shape index (κ1) is 20.2. The van der Waals surface area contributed by atoms with Crippen molar-refractivity contribution in [2.24, 2.45) is 0 Å². The van der Waals surface area contributed by atoms with Gasteiger partial charge in [0.25, 0.3) is 0 Å². The van der Waals surface area contributed by atoms with Gasteiger partial charge in [0.2, 0.25) is 0 Å². The Morgan fingerprint density at radius 1 is 0.750 bits per heavy atom. The summed E-state index contributed by atoms with van der Waals surface area (Å²) in [5.41, 5.74) is 1.39.